The van der Waals surface area contributed by atoms with Crippen LogP contribution in [0.5, 0.6) is 17.2 Å². The van der Waals surface area contributed by atoms with E-state index in [0.29, 0.717) is 47.4 Å². The standard InChI is InChI=1S/C26H23ClN2O5/c1-32-24-17-18(16-22-25(30)28-29(26(22)31)20-6-3-2-4-7-20)8-13-23(24)34-15-5-14-33-21-11-9-19(27)10-12-21/h2-4,6-13,16-17H,5,14-15H2,1H3,(H,28,30). The molecule has 0 aliphatic carbocycles. The summed E-state index contributed by atoms with van der Waals surface area (Å²) < 4.78 is 16.9. The van der Waals surface area contributed by atoms with Crippen LogP contribution in [0.15, 0.2) is 78.4 Å². The number of hydrogen-bond acceptors (Lipinski definition) is 5. The van der Waals surface area contributed by atoms with Crippen molar-refractivity contribution in [2.45, 2.75) is 6.42 Å². The zero-order valence-electron chi connectivity index (χ0n) is 18.5. The van der Waals surface area contributed by atoms with Gasteiger partial charge < -0.3 is 14.2 Å². The molecule has 3 aromatic carbocycles. The van der Waals surface area contributed by atoms with E-state index in [1.54, 1.807) is 54.6 Å². The number of carbonyl (C=O) groups is 2. The van der Waals surface area contributed by atoms with Gasteiger partial charge in [0.15, 0.2) is 11.5 Å². The van der Waals surface area contributed by atoms with Crippen LogP contribution >= 0.6 is 11.6 Å². The third-order valence-electron chi connectivity index (χ3n) is 5.03. The lowest BCUT2D eigenvalue weighted by Crippen LogP contribution is -2.35. The van der Waals surface area contributed by atoms with Gasteiger partial charge in [-0.1, -0.05) is 35.9 Å². The fourth-order valence-corrected chi connectivity index (χ4v) is 3.46. The Morgan fingerprint density at radius 1 is 0.912 bits per heavy atom. The summed E-state index contributed by atoms with van der Waals surface area (Å²) in [6, 6.07) is 21.3. The molecule has 1 fully saturated rings. The highest BCUT2D eigenvalue weighted by Gasteiger charge is 2.34. The van der Waals surface area contributed by atoms with E-state index in [1.807, 2.05) is 18.2 Å². The summed E-state index contributed by atoms with van der Waals surface area (Å²) >= 11 is 5.87. The van der Waals surface area contributed by atoms with Crippen LogP contribution in [0.1, 0.15) is 12.0 Å². The van der Waals surface area contributed by atoms with Gasteiger partial charge in [-0.25, -0.2) is 5.01 Å². The molecule has 4 rings (SSSR count). The Kier molecular flexibility index (Phi) is 7.34. The van der Waals surface area contributed by atoms with E-state index in [9.17, 15) is 9.59 Å². The van der Waals surface area contributed by atoms with E-state index in [1.165, 1.54) is 18.2 Å². The Morgan fingerprint density at radius 2 is 1.65 bits per heavy atom. The van der Waals surface area contributed by atoms with Crippen molar-refractivity contribution in [3.05, 3.63) is 89.0 Å². The minimum absolute atomic E-state index is 0.0407. The van der Waals surface area contributed by atoms with Gasteiger partial charge in [-0.05, 0) is 60.2 Å². The Hall–Kier alpha value is -3.97. The predicted octanol–water partition coefficient (Wildman–Crippen LogP) is 4.66. The first-order valence-corrected chi connectivity index (χ1v) is 11.0. The number of benzene rings is 3. The van der Waals surface area contributed by atoms with Crippen LogP contribution in [0.2, 0.25) is 5.02 Å². The highest BCUT2D eigenvalue weighted by Crippen LogP contribution is 2.30. The van der Waals surface area contributed by atoms with Gasteiger partial charge in [-0.3, -0.25) is 15.0 Å². The summed E-state index contributed by atoms with van der Waals surface area (Å²) in [6.07, 6.45) is 2.20. The number of halogens is 1. The molecule has 0 bridgehead atoms. The largest absolute Gasteiger partial charge is 0.493 e. The molecule has 8 heteroatoms. The number of para-hydroxylation sites is 1. The Morgan fingerprint density at radius 3 is 2.38 bits per heavy atom. The van der Waals surface area contributed by atoms with Crippen molar-refractivity contribution in [3.8, 4) is 17.2 Å². The first-order valence-electron chi connectivity index (χ1n) is 10.7. The zero-order chi connectivity index (χ0) is 23.9. The minimum Gasteiger partial charge on any atom is -0.493 e. The molecule has 0 aromatic heterocycles. The molecule has 2 amide bonds. The lowest BCUT2D eigenvalue weighted by atomic mass is 10.1. The first kappa shape index (κ1) is 23.2. The molecule has 0 atom stereocenters. The predicted molar refractivity (Wildman–Crippen MR) is 130 cm³/mol. The van der Waals surface area contributed by atoms with Crippen molar-refractivity contribution in [1.82, 2.24) is 5.43 Å². The van der Waals surface area contributed by atoms with Crippen molar-refractivity contribution in [3.63, 3.8) is 0 Å². The molecule has 0 spiro atoms. The molecule has 0 radical (unpaired) electrons. The average Bonchev–Trinajstić information content (AvgIpc) is 3.14. The lowest BCUT2D eigenvalue weighted by Gasteiger charge is -2.14. The zero-order valence-corrected chi connectivity index (χ0v) is 19.2. The fourth-order valence-electron chi connectivity index (χ4n) is 3.34. The van der Waals surface area contributed by atoms with Crippen LogP contribution < -0.4 is 24.6 Å². The van der Waals surface area contributed by atoms with Crippen molar-refractivity contribution >= 4 is 35.2 Å². The van der Waals surface area contributed by atoms with E-state index >= 15 is 0 Å². The highest BCUT2D eigenvalue weighted by molar-refractivity contribution is 6.31. The minimum atomic E-state index is -0.464. The van der Waals surface area contributed by atoms with Gasteiger partial charge in [-0.2, -0.15) is 0 Å². The molecule has 1 saturated heterocycles. The van der Waals surface area contributed by atoms with Gasteiger partial charge in [0.1, 0.15) is 11.3 Å². The molecule has 34 heavy (non-hydrogen) atoms. The summed E-state index contributed by atoms with van der Waals surface area (Å²) in [5, 5.41) is 1.89. The number of hydrazine groups is 1. The molecule has 1 N–H and O–H groups in total. The van der Waals surface area contributed by atoms with Gasteiger partial charge in [0.25, 0.3) is 11.8 Å². The van der Waals surface area contributed by atoms with E-state index < -0.39 is 11.8 Å². The number of hydrogen-bond donors (Lipinski definition) is 1. The highest BCUT2D eigenvalue weighted by atomic mass is 35.5. The number of ether oxygens (including phenoxy) is 3. The molecular weight excluding hydrogens is 456 g/mol. The smallest absolute Gasteiger partial charge is 0.282 e. The maximum atomic E-state index is 12.8. The maximum absolute atomic E-state index is 12.8. The molecule has 1 aliphatic rings. The summed E-state index contributed by atoms with van der Waals surface area (Å²) in [5.41, 5.74) is 3.86. The number of anilines is 1. The van der Waals surface area contributed by atoms with Crippen molar-refractivity contribution in [1.29, 1.82) is 0 Å². The number of nitrogens with one attached hydrogen (secondary N) is 1. The van der Waals surface area contributed by atoms with Gasteiger partial charge >= 0.3 is 0 Å². The van der Waals surface area contributed by atoms with E-state index in [4.69, 9.17) is 25.8 Å². The number of amides is 2. The topological polar surface area (TPSA) is 77.1 Å². The Labute approximate surface area is 202 Å². The Bertz CT molecular complexity index is 1200. The fraction of sp³-hybridized carbons (Fsp3) is 0.154. The molecule has 7 nitrogen and oxygen atoms in total. The van der Waals surface area contributed by atoms with Crippen LogP contribution in [0.25, 0.3) is 6.08 Å². The van der Waals surface area contributed by atoms with Crippen LogP contribution in [0.4, 0.5) is 5.69 Å². The second-order valence-electron chi connectivity index (χ2n) is 7.39. The molecular formula is C26H23ClN2O5. The number of nitrogens with zero attached hydrogens (tertiary/aromatic N) is 1. The van der Waals surface area contributed by atoms with Crippen LogP contribution in [-0.2, 0) is 9.59 Å². The lowest BCUT2D eigenvalue weighted by molar-refractivity contribution is -0.117. The molecule has 0 saturated carbocycles. The molecule has 1 heterocycles. The number of rotatable bonds is 9. The SMILES string of the molecule is COc1cc(C=C2C(=O)NN(c3ccccc3)C2=O)ccc1OCCCOc1ccc(Cl)cc1. The van der Waals surface area contributed by atoms with Crippen LogP contribution in [-0.4, -0.2) is 32.1 Å². The summed E-state index contributed by atoms with van der Waals surface area (Å²) in [4.78, 5) is 25.2. The van der Waals surface area contributed by atoms with Crippen LogP contribution in [0.3, 0.4) is 0 Å². The second kappa shape index (κ2) is 10.8. The van der Waals surface area contributed by atoms with Gasteiger partial charge in [-0.15, -0.1) is 0 Å². The average molecular weight is 479 g/mol. The first-order chi connectivity index (χ1) is 16.5. The summed E-state index contributed by atoms with van der Waals surface area (Å²) in [7, 11) is 1.54. The van der Waals surface area contributed by atoms with Crippen molar-refractivity contribution in [2.24, 2.45) is 0 Å². The quantitative estimate of drug-likeness (QED) is 0.275. The second-order valence-corrected chi connectivity index (χ2v) is 7.83. The van der Waals surface area contributed by atoms with E-state index in [0.717, 1.165) is 5.75 Å². The van der Waals surface area contributed by atoms with E-state index in [2.05, 4.69) is 5.43 Å². The molecule has 174 valence electrons. The summed E-state index contributed by atoms with van der Waals surface area (Å²) in [5.74, 6) is 0.920. The van der Waals surface area contributed by atoms with Crippen LogP contribution in [0, 0.1) is 0 Å². The van der Waals surface area contributed by atoms with Crippen molar-refractivity contribution < 1.29 is 23.8 Å². The third-order valence-corrected chi connectivity index (χ3v) is 5.29. The maximum Gasteiger partial charge on any atom is 0.282 e. The molecule has 1 aliphatic heterocycles. The van der Waals surface area contributed by atoms with Gasteiger partial charge in [0, 0.05) is 11.4 Å². The molecule has 3 aromatic rings. The Balaban J connectivity index is 1.37. The van der Waals surface area contributed by atoms with Gasteiger partial charge in [0.2, 0.25) is 0 Å². The van der Waals surface area contributed by atoms with Gasteiger partial charge in [0.05, 0.1) is 26.0 Å². The number of methoxy groups -OCH3 is 1. The molecule has 0 unspecified atom stereocenters. The third kappa shape index (κ3) is 5.50. The summed E-state index contributed by atoms with van der Waals surface area (Å²) in [6.45, 7) is 0.917. The van der Waals surface area contributed by atoms with E-state index in [-0.39, 0.29) is 5.57 Å². The normalized spacial score (nSPS) is 14.3. The van der Waals surface area contributed by atoms with Crippen molar-refractivity contribution in [2.75, 3.05) is 25.3 Å². The monoisotopic (exact) mass is 478 g/mol. The number of carbonyl (C=O) groups excluding carboxylic acids is 2.